The van der Waals surface area contributed by atoms with Crippen molar-refractivity contribution in [2.45, 2.75) is 0 Å². The second-order valence-electron chi connectivity index (χ2n) is 6.78. The summed E-state index contributed by atoms with van der Waals surface area (Å²) in [6.07, 6.45) is 3.22. The summed E-state index contributed by atoms with van der Waals surface area (Å²) in [5.41, 5.74) is 8.96. The first-order chi connectivity index (χ1) is 16.4. The van der Waals surface area contributed by atoms with E-state index in [-0.39, 0.29) is 0 Å². The van der Waals surface area contributed by atoms with Gasteiger partial charge in [-0.1, -0.05) is 47.5 Å². The van der Waals surface area contributed by atoms with Gasteiger partial charge in [-0.05, 0) is 47.5 Å². The fourth-order valence-electron chi connectivity index (χ4n) is 2.73. The number of hydrogen-bond acceptors (Lipinski definition) is 8. The van der Waals surface area contributed by atoms with Crippen molar-refractivity contribution in [2.24, 2.45) is 10.2 Å². The molecule has 0 aromatic heterocycles. The molecule has 0 bridgehead atoms. The molecule has 8 nitrogen and oxygen atoms in total. The van der Waals surface area contributed by atoms with Gasteiger partial charge in [-0.3, -0.25) is 10.9 Å². The molecule has 0 saturated heterocycles. The number of halogens is 2. The monoisotopic (exact) mass is 498 g/mol. The summed E-state index contributed by atoms with van der Waals surface area (Å²) in [6, 6.07) is 16.8. The van der Waals surface area contributed by atoms with Crippen molar-refractivity contribution in [3.8, 4) is 0 Å². The summed E-state index contributed by atoms with van der Waals surface area (Å²) >= 11 is 12.3. The second-order valence-corrected chi connectivity index (χ2v) is 7.59. The summed E-state index contributed by atoms with van der Waals surface area (Å²) < 4.78 is 9.41. The normalized spacial score (nSPS) is 10.9. The third-order valence-electron chi connectivity index (χ3n) is 4.51. The highest BCUT2D eigenvalue weighted by molar-refractivity contribution is 6.33. The maximum absolute atomic E-state index is 11.7. The van der Waals surface area contributed by atoms with Crippen LogP contribution in [0, 0.1) is 0 Å². The first kappa shape index (κ1) is 24.8. The standard InChI is InChI=1S/C24H20Cl2N4O4/c1-33-23(31)17-7-9-19(25)21(11-17)29-27-13-15-3-5-16(6-4-15)14-28-30-22-12-18(24(32)34-2)8-10-20(22)26/h3-14,29-30H,1-2H3. The molecule has 3 aromatic rings. The molecule has 0 aliphatic carbocycles. The molecule has 0 aliphatic rings. The molecule has 0 heterocycles. The lowest BCUT2D eigenvalue weighted by Gasteiger charge is -2.06. The van der Waals surface area contributed by atoms with E-state index < -0.39 is 11.9 Å². The third kappa shape index (κ3) is 6.57. The molecule has 3 aromatic carbocycles. The third-order valence-corrected chi connectivity index (χ3v) is 5.17. The first-order valence-electron chi connectivity index (χ1n) is 9.85. The predicted octanol–water partition coefficient (Wildman–Crippen LogP) is 5.46. The van der Waals surface area contributed by atoms with Gasteiger partial charge >= 0.3 is 11.9 Å². The van der Waals surface area contributed by atoms with Crippen LogP contribution in [0.3, 0.4) is 0 Å². The molecule has 0 spiro atoms. The number of methoxy groups -OCH3 is 2. The lowest BCUT2D eigenvalue weighted by molar-refractivity contribution is 0.0592. The van der Waals surface area contributed by atoms with E-state index in [2.05, 4.69) is 21.1 Å². The van der Waals surface area contributed by atoms with Crippen molar-refractivity contribution in [1.29, 1.82) is 0 Å². The molecule has 34 heavy (non-hydrogen) atoms. The maximum atomic E-state index is 11.7. The van der Waals surface area contributed by atoms with Gasteiger partial charge in [0, 0.05) is 0 Å². The number of benzene rings is 3. The van der Waals surface area contributed by atoms with E-state index in [0.29, 0.717) is 32.5 Å². The van der Waals surface area contributed by atoms with Crippen LogP contribution in [-0.4, -0.2) is 38.6 Å². The number of rotatable bonds is 8. The molecule has 0 unspecified atom stereocenters. The van der Waals surface area contributed by atoms with Crippen LogP contribution in [0.1, 0.15) is 31.8 Å². The number of nitrogens with one attached hydrogen (secondary N) is 2. The number of hydrazone groups is 2. The lowest BCUT2D eigenvalue weighted by Crippen LogP contribution is -2.02. The highest BCUT2D eigenvalue weighted by Crippen LogP contribution is 2.24. The Kier molecular flexibility index (Phi) is 8.61. The van der Waals surface area contributed by atoms with E-state index in [9.17, 15) is 9.59 Å². The summed E-state index contributed by atoms with van der Waals surface area (Å²) in [5.74, 6) is -0.928. The molecule has 2 N–H and O–H groups in total. The van der Waals surface area contributed by atoms with E-state index >= 15 is 0 Å². The molecule has 0 aliphatic heterocycles. The largest absolute Gasteiger partial charge is 0.465 e. The highest BCUT2D eigenvalue weighted by atomic mass is 35.5. The van der Waals surface area contributed by atoms with Gasteiger partial charge in [0.05, 0.1) is 59.2 Å². The number of nitrogens with zero attached hydrogens (tertiary/aromatic N) is 2. The van der Waals surface area contributed by atoms with Crippen LogP contribution in [0.25, 0.3) is 0 Å². The fourth-order valence-corrected chi connectivity index (χ4v) is 3.05. The Bertz CT molecular complexity index is 1150. The molecule has 0 atom stereocenters. The molecular weight excluding hydrogens is 479 g/mol. The number of hydrogen-bond donors (Lipinski definition) is 2. The Balaban J connectivity index is 1.61. The van der Waals surface area contributed by atoms with Crippen LogP contribution in [0.2, 0.25) is 10.0 Å². The second kappa shape index (κ2) is 11.8. The maximum Gasteiger partial charge on any atom is 0.337 e. The summed E-state index contributed by atoms with van der Waals surface area (Å²) in [7, 11) is 2.62. The van der Waals surface area contributed by atoms with Gasteiger partial charge in [0.15, 0.2) is 0 Å². The topological polar surface area (TPSA) is 101 Å². The number of anilines is 2. The molecule has 3 rings (SSSR count). The number of esters is 2. The zero-order valence-corrected chi connectivity index (χ0v) is 19.7. The molecule has 174 valence electrons. The average molecular weight is 499 g/mol. The quantitative estimate of drug-likeness (QED) is 0.243. The Morgan fingerprint density at radius 1 is 0.706 bits per heavy atom. The van der Waals surface area contributed by atoms with E-state index in [4.69, 9.17) is 32.7 Å². The van der Waals surface area contributed by atoms with E-state index in [1.54, 1.807) is 48.8 Å². The average Bonchev–Trinajstić information content (AvgIpc) is 2.86. The van der Waals surface area contributed by atoms with Gasteiger partial charge in [0.25, 0.3) is 0 Å². The minimum atomic E-state index is -0.464. The van der Waals surface area contributed by atoms with E-state index in [0.717, 1.165) is 11.1 Å². The van der Waals surface area contributed by atoms with Gasteiger partial charge in [0.2, 0.25) is 0 Å². The first-order valence-corrected chi connectivity index (χ1v) is 10.6. The molecule has 0 fully saturated rings. The summed E-state index contributed by atoms with van der Waals surface area (Å²) in [6.45, 7) is 0. The Morgan fingerprint density at radius 3 is 1.44 bits per heavy atom. The van der Waals surface area contributed by atoms with Gasteiger partial charge in [-0.25, -0.2) is 9.59 Å². The van der Waals surface area contributed by atoms with Crippen molar-refractivity contribution < 1.29 is 19.1 Å². The zero-order chi connectivity index (χ0) is 24.5. The van der Waals surface area contributed by atoms with Crippen LogP contribution in [0.5, 0.6) is 0 Å². The fraction of sp³-hybridized carbons (Fsp3) is 0.0833. The van der Waals surface area contributed by atoms with Crippen LogP contribution >= 0.6 is 23.2 Å². The number of carbonyl (C=O) groups is 2. The Labute approximate surface area is 206 Å². The minimum Gasteiger partial charge on any atom is -0.465 e. The SMILES string of the molecule is COC(=O)c1ccc(Cl)c(NN=Cc2ccc(C=NNc3cc(C(=O)OC)ccc3Cl)cc2)c1. The summed E-state index contributed by atoms with van der Waals surface area (Å²) in [5, 5.41) is 9.15. The molecule has 0 radical (unpaired) electrons. The Hall–Kier alpha value is -3.88. The molecule has 10 heteroatoms. The van der Waals surface area contributed by atoms with Gasteiger partial charge < -0.3 is 9.47 Å². The van der Waals surface area contributed by atoms with E-state index in [1.807, 2.05) is 24.3 Å². The Morgan fingerprint density at radius 2 is 1.09 bits per heavy atom. The van der Waals surface area contributed by atoms with Crippen molar-refractivity contribution in [3.63, 3.8) is 0 Å². The van der Waals surface area contributed by atoms with E-state index in [1.165, 1.54) is 14.2 Å². The van der Waals surface area contributed by atoms with Crippen molar-refractivity contribution in [2.75, 3.05) is 25.1 Å². The minimum absolute atomic E-state index is 0.361. The number of ether oxygens (including phenoxy) is 2. The van der Waals surface area contributed by atoms with Crippen LogP contribution in [0.15, 0.2) is 70.9 Å². The van der Waals surface area contributed by atoms with Crippen molar-refractivity contribution >= 4 is 58.9 Å². The lowest BCUT2D eigenvalue weighted by atomic mass is 10.2. The van der Waals surface area contributed by atoms with Crippen LogP contribution in [-0.2, 0) is 9.47 Å². The highest BCUT2D eigenvalue weighted by Gasteiger charge is 2.09. The van der Waals surface area contributed by atoms with Gasteiger partial charge in [-0.2, -0.15) is 10.2 Å². The molecule has 0 saturated carbocycles. The van der Waals surface area contributed by atoms with Crippen molar-refractivity contribution in [3.05, 3.63) is 93.0 Å². The van der Waals surface area contributed by atoms with Gasteiger partial charge in [-0.15, -0.1) is 0 Å². The van der Waals surface area contributed by atoms with Crippen molar-refractivity contribution in [1.82, 2.24) is 0 Å². The van der Waals surface area contributed by atoms with Crippen LogP contribution < -0.4 is 10.9 Å². The van der Waals surface area contributed by atoms with Gasteiger partial charge in [0.1, 0.15) is 0 Å². The molecule has 0 amide bonds. The zero-order valence-electron chi connectivity index (χ0n) is 18.2. The summed E-state index contributed by atoms with van der Waals surface area (Å²) in [4.78, 5) is 23.3. The molecular formula is C24H20Cl2N4O4. The predicted molar refractivity (Wildman–Crippen MR) is 134 cm³/mol. The number of carbonyl (C=O) groups excluding carboxylic acids is 2. The van der Waals surface area contributed by atoms with Crippen LogP contribution in [0.4, 0.5) is 11.4 Å². The smallest absolute Gasteiger partial charge is 0.337 e.